The molecule has 1 N–H and O–H groups in total. The number of amides is 1. The van der Waals surface area contributed by atoms with Crippen molar-refractivity contribution in [3.05, 3.63) is 41.6 Å². The Balaban J connectivity index is 1.84. The van der Waals surface area contributed by atoms with Crippen LogP contribution in [-0.2, 0) is 14.9 Å². The lowest BCUT2D eigenvalue weighted by Crippen LogP contribution is -2.20. The van der Waals surface area contributed by atoms with Crippen molar-refractivity contribution in [3.63, 3.8) is 0 Å². The predicted molar refractivity (Wildman–Crippen MR) is 91.7 cm³/mol. The van der Waals surface area contributed by atoms with E-state index in [1.807, 2.05) is 27.7 Å². The van der Waals surface area contributed by atoms with Crippen LogP contribution in [0.15, 0.2) is 34.9 Å². The number of benzene rings is 1. The number of ether oxygens (including phenoxy) is 2. The van der Waals surface area contributed by atoms with Crippen molar-refractivity contribution >= 4 is 17.8 Å². The monoisotopic (exact) mass is 346 g/mol. The van der Waals surface area contributed by atoms with E-state index in [4.69, 9.17) is 14.0 Å². The smallest absolute Gasteiger partial charge is 0.338 e. The number of aromatic nitrogens is 1. The molecule has 1 aromatic carbocycles. The minimum absolute atomic E-state index is 0.188. The lowest BCUT2D eigenvalue weighted by molar-refractivity contribution is -0.119. The van der Waals surface area contributed by atoms with Crippen LogP contribution in [0.3, 0.4) is 0 Å². The second kappa shape index (κ2) is 7.83. The van der Waals surface area contributed by atoms with Crippen LogP contribution in [0, 0.1) is 0 Å². The Bertz CT molecular complexity index is 729. The first-order valence-corrected chi connectivity index (χ1v) is 7.96. The summed E-state index contributed by atoms with van der Waals surface area (Å²) in [4.78, 5) is 23.8. The molecule has 0 bridgehead atoms. The van der Waals surface area contributed by atoms with Gasteiger partial charge in [-0.1, -0.05) is 25.9 Å². The van der Waals surface area contributed by atoms with Crippen LogP contribution in [0.2, 0.25) is 0 Å². The predicted octanol–water partition coefficient (Wildman–Crippen LogP) is 3.17. The molecule has 0 fully saturated rings. The van der Waals surface area contributed by atoms with Crippen molar-refractivity contribution in [2.24, 2.45) is 0 Å². The fourth-order valence-electron chi connectivity index (χ4n) is 1.93. The van der Waals surface area contributed by atoms with Gasteiger partial charge in [-0.25, -0.2) is 4.79 Å². The summed E-state index contributed by atoms with van der Waals surface area (Å²) in [5.41, 5.74) is 0.868. The second-order valence-corrected chi connectivity index (χ2v) is 6.41. The Morgan fingerprint density at radius 2 is 1.88 bits per heavy atom. The fourth-order valence-corrected chi connectivity index (χ4v) is 1.93. The largest absolute Gasteiger partial charge is 0.494 e. The Labute approximate surface area is 146 Å². The molecule has 0 unspecified atom stereocenters. The molecule has 0 spiro atoms. The molecule has 0 saturated carbocycles. The van der Waals surface area contributed by atoms with Gasteiger partial charge in [-0.15, -0.1) is 0 Å². The highest BCUT2D eigenvalue weighted by molar-refractivity contribution is 5.94. The maximum absolute atomic E-state index is 11.9. The van der Waals surface area contributed by atoms with Crippen molar-refractivity contribution in [2.45, 2.75) is 33.1 Å². The molecule has 7 heteroatoms. The number of carbonyl (C=O) groups excluding carboxylic acids is 2. The lowest BCUT2D eigenvalue weighted by Gasteiger charge is -2.12. The van der Waals surface area contributed by atoms with Gasteiger partial charge in [-0.2, -0.15) is 0 Å². The molecule has 0 radical (unpaired) electrons. The van der Waals surface area contributed by atoms with E-state index in [0.717, 1.165) is 0 Å². The van der Waals surface area contributed by atoms with Gasteiger partial charge in [0, 0.05) is 11.5 Å². The van der Waals surface area contributed by atoms with Crippen LogP contribution < -0.4 is 10.1 Å². The van der Waals surface area contributed by atoms with E-state index in [2.05, 4.69) is 10.5 Å². The summed E-state index contributed by atoms with van der Waals surface area (Å²) >= 11 is 0. The normalized spacial score (nSPS) is 11.0. The van der Waals surface area contributed by atoms with E-state index in [-0.39, 0.29) is 11.3 Å². The maximum atomic E-state index is 11.9. The zero-order chi connectivity index (χ0) is 18.4. The summed E-state index contributed by atoms with van der Waals surface area (Å²) in [6, 6.07) is 8.15. The summed E-state index contributed by atoms with van der Waals surface area (Å²) in [7, 11) is 0. The van der Waals surface area contributed by atoms with Crippen molar-refractivity contribution in [3.8, 4) is 5.75 Å². The zero-order valence-corrected chi connectivity index (χ0v) is 14.8. The van der Waals surface area contributed by atoms with Crippen LogP contribution in [0.4, 0.5) is 5.88 Å². The Morgan fingerprint density at radius 1 is 1.20 bits per heavy atom. The molecule has 2 rings (SSSR count). The van der Waals surface area contributed by atoms with Crippen molar-refractivity contribution in [1.29, 1.82) is 0 Å². The van der Waals surface area contributed by atoms with Gasteiger partial charge in [0.15, 0.2) is 6.61 Å². The molecule has 0 aliphatic rings. The van der Waals surface area contributed by atoms with Gasteiger partial charge < -0.3 is 14.0 Å². The van der Waals surface area contributed by atoms with Crippen molar-refractivity contribution in [1.82, 2.24) is 5.16 Å². The average molecular weight is 346 g/mol. The minimum Gasteiger partial charge on any atom is -0.494 e. The summed E-state index contributed by atoms with van der Waals surface area (Å²) in [6.45, 7) is 7.94. The standard InChI is InChI=1S/C18H22N2O5/c1-5-23-13-8-6-12(7-9-13)17(22)24-11-15(21)19-16-10-14(20-25-16)18(2,3)4/h6-10H,5,11H2,1-4H3,(H,19,21). The van der Waals surface area contributed by atoms with E-state index < -0.39 is 18.5 Å². The Kier molecular flexibility index (Phi) is 5.80. The number of rotatable bonds is 6. The van der Waals surface area contributed by atoms with E-state index in [1.165, 1.54) is 0 Å². The van der Waals surface area contributed by atoms with Crippen molar-refractivity contribution < 1.29 is 23.6 Å². The number of hydrogen-bond donors (Lipinski definition) is 1. The van der Waals surface area contributed by atoms with Crippen LogP contribution >= 0.6 is 0 Å². The second-order valence-electron chi connectivity index (χ2n) is 6.41. The first-order chi connectivity index (χ1) is 11.8. The summed E-state index contributed by atoms with van der Waals surface area (Å²) in [5.74, 6) is -0.217. The first kappa shape index (κ1) is 18.5. The number of carbonyl (C=O) groups is 2. The Morgan fingerprint density at radius 3 is 2.44 bits per heavy atom. The number of anilines is 1. The molecule has 0 aliphatic carbocycles. The van der Waals surface area contributed by atoms with Gasteiger partial charge in [-0.05, 0) is 31.2 Å². The summed E-state index contributed by atoms with van der Waals surface area (Å²) < 4.78 is 15.3. The molecule has 1 heterocycles. The highest BCUT2D eigenvalue weighted by Gasteiger charge is 2.20. The molecule has 0 saturated heterocycles. The minimum atomic E-state index is -0.592. The topological polar surface area (TPSA) is 90.7 Å². The first-order valence-electron chi connectivity index (χ1n) is 7.96. The molecular weight excluding hydrogens is 324 g/mol. The number of nitrogens with zero attached hydrogens (tertiary/aromatic N) is 1. The molecule has 0 atom stereocenters. The van der Waals surface area contributed by atoms with Crippen LogP contribution in [0.25, 0.3) is 0 Å². The van der Waals surface area contributed by atoms with Crippen LogP contribution in [0.1, 0.15) is 43.7 Å². The van der Waals surface area contributed by atoms with Crippen LogP contribution in [-0.4, -0.2) is 30.2 Å². The number of nitrogens with one attached hydrogen (secondary N) is 1. The number of esters is 1. The van der Waals surface area contributed by atoms with Crippen LogP contribution in [0.5, 0.6) is 5.75 Å². The molecule has 1 aromatic heterocycles. The summed E-state index contributed by atoms with van der Waals surface area (Å²) in [5, 5.41) is 6.40. The van der Waals surface area contributed by atoms with E-state index in [1.54, 1.807) is 30.3 Å². The quantitative estimate of drug-likeness (QED) is 0.808. The van der Waals surface area contributed by atoms with Gasteiger partial charge in [0.05, 0.1) is 17.9 Å². The third-order valence-corrected chi connectivity index (χ3v) is 3.28. The molecule has 134 valence electrons. The molecule has 1 amide bonds. The van der Waals surface area contributed by atoms with Gasteiger partial charge in [-0.3, -0.25) is 10.1 Å². The third-order valence-electron chi connectivity index (χ3n) is 3.28. The van der Waals surface area contributed by atoms with Gasteiger partial charge in [0.2, 0.25) is 5.88 Å². The third kappa shape index (κ3) is 5.34. The number of hydrogen-bond acceptors (Lipinski definition) is 6. The molecule has 7 nitrogen and oxygen atoms in total. The Hall–Kier alpha value is -2.83. The van der Waals surface area contributed by atoms with Crippen molar-refractivity contribution in [2.75, 3.05) is 18.5 Å². The van der Waals surface area contributed by atoms with Gasteiger partial charge in [0.1, 0.15) is 5.75 Å². The van der Waals surface area contributed by atoms with Gasteiger partial charge in [0.25, 0.3) is 5.91 Å². The SMILES string of the molecule is CCOc1ccc(C(=O)OCC(=O)Nc2cc(C(C)(C)C)no2)cc1. The average Bonchev–Trinajstić information content (AvgIpc) is 3.02. The highest BCUT2D eigenvalue weighted by atomic mass is 16.5. The molecular formula is C18H22N2O5. The van der Waals surface area contributed by atoms with E-state index in [9.17, 15) is 9.59 Å². The maximum Gasteiger partial charge on any atom is 0.338 e. The molecule has 2 aromatic rings. The fraction of sp³-hybridized carbons (Fsp3) is 0.389. The highest BCUT2D eigenvalue weighted by Crippen LogP contribution is 2.23. The zero-order valence-electron chi connectivity index (χ0n) is 14.8. The summed E-state index contributed by atoms with van der Waals surface area (Å²) in [6.07, 6.45) is 0. The van der Waals surface area contributed by atoms with E-state index >= 15 is 0 Å². The van der Waals surface area contributed by atoms with E-state index in [0.29, 0.717) is 23.6 Å². The lowest BCUT2D eigenvalue weighted by atomic mass is 9.92. The molecule has 25 heavy (non-hydrogen) atoms. The molecule has 0 aliphatic heterocycles. The van der Waals surface area contributed by atoms with Gasteiger partial charge >= 0.3 is 5.97 Å².